The summed E-state index contributed by atoms with van der Waals surface area (Å²) in [5.74, 6) is 0.572. The predicted octanol–water partition coefficient (Wildman–Crippen LogP) is 2.69. The number of hydrogen-bond donors (Lipinski definition) is 1. The molecule has 2 rings (SSSR count). The highest BCUT2D eigenvalue weighted by molar-refractivity contribution is 5.06. The third-order valence-electron chi connectivity index (χ3n) is 3.30. The summed E-state index contributed by atoms with van der Waals surface area (Å²) in [7, 11) is 0. The molecule has 1 aliphatic rings. The van der Waals surface area contributed by atoms with E-state index in [9.17, 15) is 5.11 Å². The van der Waals surface area contributed by atoms with Crippen LogP contribution in [0.25, 0.3) is 0 Å². The Balaban J connectivity index is 2.04. The van der Waals surface area contributed by atoms with E-state index >= 15 is 0 Å². The zero-order chi connectivity index (χ0) is 10.8. The fourth-order valence-electron chi connectivity index (χ4n) is 1.90. The van der Waals surface area contributed by atoms with Crippen LogP contribution in [0.15, 0.2) is 12.5 Å². The van der Waals surface area contributed by atoms with E-state index in [-0.39, 0.29) is 6.10 Å². The molecule has 0 radical (unpaired) electrons. The van der Waals surface area contributed by atoms with Gasteiger partial charge in [0.1, 0.15) is 0 Å². The van der Waals surface area contributed by atoms with Gasteiger partial charge in [0.2, 0.25) is 0 Å². The van der Waals surface area contributed by atoms with Crippen molar-refractivity contribution in [1.82, 2.24) is 9.55 Å². The molecule has 2 atom stereocenters. The van der Waals surface area contributed by atoms with Crippen molar-refractivity contribution in [3.05, 3.63) is 18.2 Å². The molecule has 15 heavy (non-hydrogen) atoms. The molecule has 3 heteroatoms. The maximum absolute atomic E-state index is 10.1. The summed E-state index contributed by atoms with van der Waals surface area (Å²) in [6, 6.07) is 0.606. The first kappa shape index (κ1) is 10.7. The Labute approximate surface area is 91.1 Å². The van der Waals surface area contributed by atoms with Gasteiger partial charge in [0.15, 0.2) is 0 Å². The summed E-state index contributed by atoms with van der Waals surface area (Å²) in [5.41, 5.74) is 0.998. The van der Waals surface area contributed by atoms with Crippen LogP contribution in [0.2, 0.25) is 0 Å². The smallest absolute Gasteiger partial charge is 0.0958 e. The Hall–Kier alpha value is -0.830. The summed E-state index contributed by atoms with van der Waals surface area (Å²) < 4.78 is 2.15. The lowest BCUT2D eigenvalue weighted by molar-refractivity contribution is 0.138. The molecule has 1 aromatic heterocycles. The standard InChI is InChI=1S/C12H20N2O/c1-3-9(2)6-12(15)11-7-13-8-14(11)10-4-5-10/h7-10,12,15H,3-6H2,1-2H3. The van der Waals surface area contributed by atoms with Gasteiger partial charge in [0.25, 0.3) is 0 Å². The van der Waals surface area contributed by atoms with Crippen LogP contribution in [0.3, 0.4) is 0 Å². The molecule has 1 aromatic rings. The van der Waals surface area contributed by atoms with Gasteiger partial charge in [-0.15, -0.1) is 0 Å². The zero-order valence-electron chi connectivity index (χ0n) is 9.56. The van der Waals surface area contributed by atoms with Gasteiger partial charge in [-0.2, -0.15) is 0 Å². The van der Waals surface area contributed by atoms with Crippen molar-refractivity contribution in [1.29, 1.82) is 0 Å². The van der Waals surface area contributed by atoms with Crippen LogP contribution < -0.4 is 0 Å². The van der Waals surface area contributed by atoms with Crippen molar-refractivity contribution in [2.75, 3.05) is 0 Å². The molecule has 1 aliphatic carbocycles. The summed E-state index contributed by atoms with van der Waals surface area (Å²) in [5, 5.41) is 10.1. The van der Waals surface area contributed by atoms with Crippen LogP contribution in [0.1, 0.15) is 57.4 Å². The first-order chi connectivity index (χ1) is 7.22. The Morgan fingerprint density at radius 2 is 2.33 bits per heavy atom. The van der Waals surface area contributed by atoms with Gasteiger partial charge in [0.05, 0.1) is 24.3 Å². The fraction of sp³-hybridized carbons (Fsp3) is 0.750. The number of rotatable bonds is 5. The highest BCUT2D eigenvalue weighted by Gasteiger charge is 2.27. The molecule has 1 N–H and O–H groups in total. The van der Waals surface area contributed by atoms with Gasteiger partial charge in [-0.05, 0) is 25.2 Å². The molecule has 0 aliphatic heterocycles. The third-order valence-corrected chi connectivity index (χ3v) is 3.30. The third kappa shape index (κ3) is 2.40. The quantitative estimate of drug-likeness (QED) is 0.808. The van der Waals surface area contributed by atoms with E-state index in [1.54, 1.807) is 0 Å². The van der Waals surface area contributed by atoms with Crippen molar-refractivity contribution in [2.24, 2.45) is 5.92 Å². The highest BCUT2D eigenvalue weighted by atomic mass is 16.3. The minimum atomic E-state index is -0.344. The molecule has 3 nitrogen and oxygen atoms in total. The van der Waals surface area contributed by atoms with Crippen molar-refractivity contribution in [3.63, 3.8) is 0 Å². The topological polar surface area (TPSA) is 38.1 Å². The van der Waals surface area contributed by atoms with Crippen LogP contribution in [0.5, 0.6) is 0 Å². The van der Waals surface area contributed by atoms with Gasteiger partial charge < -0.3 is 9.67 Å². The predicted molar refractivity (Wildman–Crippen MR) is 59.5 cm³/mol. The van der Waals surface area contributed by atoms with Crippen LogP contribution >= 0.6 is 0 Å². The van der Waals surface area contributed by atoms with E-state index in [2.05, 4.69) is 23.4 Å². The number of imidazole rings is 1. The number of aliphatic hydroxyl groups is 1. The Kier molecular flexibility index (Phi) is 3.10. The Bertz CT molecular complexity index is 317. The second-order valence-electron chi connectivity index (χ2n) is 4.72. The van der Waals surface area contributed by atoms with E-state index < -0.39 is 0 Å². The Morgan fingerprint density at radius 3 is 2.93 bits per heavy atom. The van der Waals surface area contributed by atoms with E-state index in [0.29, 0.717) is 12.0 Å². The SMILES string of the molecule is CCC(C)CC(O)c1cncn1C1CC1. The second kappa shape index (κ2) is 4.35. The highest BCUT2D eigenvalue weighted by Crippen LogP contribution is 2.37. The molecule has 84 valence electrons. The fourth-order valence-corrected chi connectivity index (χ4v) is 1.90. The lowest BCUT2D eigenvalue weighted by Gasteiger charge is -2.16. The summed E-state index contributed by atoms with van der Waals surface area (Å²) in [4.78, 5) is 4.14. The molecule has 1 fully saturated rings. The summed E-state index contributed by atoms with van der Waals surface area (Å²) in [6.07, 6.45) is 7.75. The van der Waals surface area contributed by atoms with Gasteiger partial charge in [-0.1, -0.05) is 20.3 Å². The van der Waals surface area contributed by atoms with E-state index in [1.165, 1.54) is 12.8 Å². The number of nitrogens with zero attached hydrogens (tertiary/aromatic N) is 2. The molecule has 0 amide bonds. The number of hydrogen-bond acceptors (Lipinski definition) is 2. The molecule has 0 bridgehead atoms. The molecule has 2 unspecified atom stereocenters. The van der Waals surface area contributed by atoms with E-state index in [0.717, 1.165) is 18.5 Å². The van der Waals surface area contributed by atoms with Crippen LogP contribution in [-0.2, 0) is 0 Å². The number of aliphatic hydroxyl groups excluding tert-OH is 1. The zero-order valence-corrected chi connectivity index (χ0v) is 9.56. The van der Waals surface area contributed by atoms with Crippen molar-refractivity contribution < 1.29 is 5.11 Å². The molecular weight excluding hydrogens is 188 g/mol. The maximum atomic E-state index is 10.1. The molecular formula is C12H20N2O. The van der Waals surface area contributed by atoms with E-state index in [1.807, 2.05) is 12.5 Å². The molecule has 0 spiro atoms. The molecule has 0 aromatic carbocycles. The molecule has 1 heterocycles. The second-order valence-corrected chi connectivity index (χ2v) is 4.72. The van der Waals surface area contributed by atoms with Crippen LogP contribution in [0, 0.1) is 5.92 Å². The summed E-state index contributed by atoms with van der Waals surface area (Å²) >= 11 is 0. The van der Waals surface area contributed by atoms with Gasteiger partial charge >= 0.3 is 0 Å². The van der Waals surface area contributed by atoms with Crippen LogP contribution in [-0.4, -0.2) is 14.7 Å². The number of aromatic nitrogens is 2. The molecule has 0 saturated heterocycles. The largest absolute Gasteiger partial charge is 0.387 e. The lowest BCUT2D eigenvalue weighted by Crippen LogP contribution is -2.09. The van der Waals surface area contributed by atoms with Gasteiger partial charge in [-0.3, -0.25) is 0 Å². The van der Waals surface area contributed by atoms with E-state index in [4.69, 9.17) is 0 Å². The monoisotopic (exact) mass is 208 g/mol. The normalized spacial score (nSPS) is 20.2. The van der Waals surface area contributed by atoms with Crippen molar-refractivity contribution >= 4 is 0 Å². The molecule has 1 saturated carbocycles. The average molecular weight is 208 g/mol. The lowest BCUT2D eigenvalue weighted by atomic mass is 9.99. The Morgan fingerprint density at radius 1 is 1.60 bits per heavy atom. The minimum Gasteiger partial charge on any atom is -0.387 e. The van der Waals surface area contributed by atoms with Gasteiger partial charge in [-0.25, -0.2) is 4.98 Å². The van der Waals surface area contributed by atoms with Crippen LogP contribution in [0.4, 0.5) is 0 Å². The van der Waals surface area contributed by atoms with Crippen molar-refractivity contribution in [3.8, 4) is 0 Å². The summed E-state index contributed by atoms with van der Waals surface area (Å²) in [6.45, 7) is 4.34. The first-order valence-electron chi connectivity index (χ1n) is 5.92. The average Bonchev–Trinajstić information content (AvgIpc) is 2.95. The van der Waals surface area contributed by atoms with Gasteiger partial charge in [0, 0.05) is 6.04 Å². The maximum Gasteiger partial charge on any atom is 0.0958 e. The minimum absolute atomic E-state index is 0.344. The first-order valence-corrected chi connectivity index (χ1v) is 5.92. The van der Waals surface area contributed by atoms with Crippen molar-refractivity contribution in [2.45, 2.75) is 51.7 Å².